The summed E-state index contributed by atoms with van der Waals surface area (Å²) in [7, 11) is 0. The van der Waals surface area contributed by atoms with Crippen molar-refractivity contribution in [3.05, 3.63) is 35.4 Å². The predicted octanol–water partition coefficient (Wildman–Crippen LogP) is 2.95. The zero-order chi connectivity index (χ0) is 25.9. The molecule has 13 heteroatoms. The van der Waals surface area contributed by atoms with Gasteiger partial charge in [0.1, 0.15) is 0 Å². The average Bonchev–Trinajstić information content (AvgIpc) is 2.77. The lowest BCUT2D eigenvalue weighted by atomic mass is 10.00. The second kappa shape index (κ2) is 13.5. The third-order valence-electron chi connectivity index (χ3n) is 5.34. The van der Waals surface area contributed by atoms with Gasteiger partial charge < -0.3 is 15.1 Å². The molecule has 0 radical (unpaired) electrons. The molecule has 7 nitrogen and oxygen atoms in total. The molecule has 1 saturated heterocycles. The number of halogens is 6. The quantitative estimate of drug-likeness (QED) is 0.614. The number of carbonyl (C=O) groups is 2. The molecule has 34 heavy (non-hydrogen) atoms. The average molecular weight is 501 g/mol. The molecule has 1 aromatic rings. The molecule has 2 heterocycles. The molecule has 2 N–H and O–H groups in total. The Morgan fingerprint density at radius 1 is 0.765 bits per heavy atom. The number of nitrogens with zero attached hydrogens (tertiary/aromatic N) is 3. The van der Waals surface area contributed by atoms with Crippen molar-refractivity contribution in [2.24, 2.45) is 0 Å². The Labute approximate surface area is 193 Å². The van der Waals surface area contributed by atoms with Gasteiger partial charge in [-0.05, 0) is 24.1 Å². The number of aliphatic carboxylic acids is 2. The molecule has 1 fully saturated rings. The minimum Gasteiger partial charge on any atom is -0.475 e. The van der Waals surface area contributed by atoms with Crippen LogP contribution in [0.3, 0.4) is 0 Å². The fourth-order valence-corrected chi connectivity index (χ4v) is 3.36. The van der Waals surface area contributed by atoms with Crippen molar-refractivity contribution < 1.29 is 46.1 Å². The topological polar surface area (TPSA) is 84.3 Å². The van der Waals surface area contributed by atoms with Crippen LogP contribution in [-0.4, -0.2) is 102 Å². The number of benzene rings is 1. The maximum atomic E-state index is 10.6. The smallest absolute Gasteiger partial charge is 0.475 e. The van der Waals surface area contributed by atoms with Gasteiger partial charge in [-0.25, -0.2) is 9.59 Å². The second-order valence-electron chi connectivity index (χ2n) is 7.68. The van der Waals surface area contributed by atoms with Crippen molar-refractivity contribution in [1.29, 1.82) is 0 Å². The fourth-order valence-electron chi connectivity index (χ4n) is 3.36. The second-order valence-corrected chi connectivity index (χ2v) is 7.68. The molecule has 1 aromatic carbocycles. The number of fused-ring (bicyclic) bond motifs is 1. The van der Waals surface area contributed by atoms with Crippen LogP contribution >= 0.6 is 0 Å². The monoisotopic (exact) mass is 501 g/mol. The molecular weight excluding hydrogens is 472 g/mol. The number of alkyl halides is 6. The van der Waals surface area contributed by atoms with Gasteiger partial charge in [0, 0.05) is 52.4 Å². The van der Waals surface area contributed by atoms with Gasteiger partial charge in [0.2, 0.25) is 0 Å². The Bertz CT molecular complexity index is 757. The summed E-state index contributed by atoms with van der Waals surface area (Å²) in [5.41, 5.74) is 3.09. The first kappa shape index (κ1) is 29.7. The van der Waals surface area contributed by atoms with Crippen LogP contribution in [0.25, 0.3) is 0 Å². The van der Waals surface area contributed by atoms with E-state index in [1.54, 1.807) is 5.56 Å². The SMILES string of the molecule is CCN1CCN(CCN2CCc3ccccc3C2)CC1.O=C(O)C(F)(F)F.O=C(O)C(F)(F)F. The van der Waals surface area contributed by atoms with Crippen molar-refractivity contribution >= 4 is 11.9 Å². The summed E-state index contributed by atoms with van der Waals surface area (Å²) in [6.45, 7) is 13.3. The third-order valence-corrected chi connectivity index (χ3v) is 5.34. The molecule has 0 aromatic heterocycles. The first-order valence-electron chi connectivity index (χ1n) is 10.6. The van der Waals surface area contributed by atoms with Crippen molar-refractivity contribution in [2.75, 3.05) is 52.4 Å². The summed E-state index contributed by atoms with van der Waals surface area (Å²) < 4.78 is 63.5. The summed E-state index contributed by atoms with van der Waals surface area (Å²) in [5, 5.41) is 14.2. The Kier molecular flexibility index (Phi) is 11.8. The lowest BCUT2D eigenvalue weighted by molar-refractivity contribution is -0.193. The largest absolute Gasteiger partial charge is 0.490 e. The Balaban J connectivity index is 0.000000343. The van der Waals surface area contributed by atoms with E-state index in [9.17, 15) is 26.3 Å². The molecule has 0 aliphatic carbocycles. The molecule has 0 unspecified atom stereocenters. The van der Waals surface area contributed by atoms with E-state index in [1.165, 1.54) is 64.3 Å². The molecule has 0 bridgehead atoms. The lowest BCUT2D eigenvalue weighted by Crippen LogP contribution is -2.48. The predicted molar refractivity (Wildman–Crippen MR) is 111 cm³/mol. The van der Waals surface area contributed by atoms with E-state index in [0.29, 0.717) is 0 Å². The number of piperazine rings is 1. The first-order chi connectivity index (χ1) is 15.7. The van der Waals surface area contributed by atoms with Gasteiger partial charge in [0.25, 0.3) is 0 Å². The Hall–Kier alpha value is -2.38. The zero-order valence-corrected chi connectivity index (χ0v) is 18.7. The van der Waals surface area contributed by atoms with E-state index in [1.807, 2.05) is 0 Å². The van der Waals surface area contributed by atoms with E-state index >= 15 is 0 Å². The van der Waals surface area contributed by atoms with Crippen LogP contribution in [-0.2, 0) is 22.6 Å². The molecule has 0 spiro atoms. The molecule has 2 aliphatic heterocycles. The highest BCUT2D eigenvalue weighted by atomic mass is 19.4. The molecule has 194 valence electrons. The summed E-state index contributed by atoms with van der Waals surface area (Å²) in [6.07, 6.45) is -8.94. The van der Waals surface area contributed by atoms with Crippen molar-refractivity contribution in [2.45, 2.75) is 32.2 Å². The van der Waals surface area contributed by atoms with Gasteiger partial charge in [-0.15, -0.1) is 0 Å². The number of hydrogen-bond acceptors (Lipinski definition) is 5. The minimum absolute atomic E-state index is 1.14. The molecule has 3 rings (SSSR count). The van der Waals surface area contributed by atoms with Crippen LogP contribution in [0.15, 0.2) is 24.3 Å². The number of carboxylic acid groups (broad SMARTS) is 2. The van der Waals surface area contributed by atoms with Crippen LogP contribution in [0.1, 0.15) is 18.1 Å². The Morgan fingerprint density at radius 2 is 1.18 bits per heavy atom. The van der Waals surface area contributed by atoms with Crippen LogP contribution in [0.2, 0.25) is 0 Å². The van der Waals surface area contributed by atoms with Crippen LogP contribution in [0.4, 0.5) is 26.3 Å². The van der Waals surface area contributed by atoms with E-state index < -0.39 is 24.3 Å². The molecule has 2 aliphatic rings. The highest BCUT2D eigenvalue weighted by molar-refractivity contribution is 5.73. The van der Waals surface area contributed by atoms with E-state index in [4.69, 9.17) is 19.8 Å². The maximum absolute atomic E-state index is 10.6. The summed E-state index contributed by atoms with van der Waals surface area (Å²) in [6, 6.07) is 8.92. The summed E-state index contributed by atoms with van der Waals surface area (Å²) in [5.74, 6) is -5.51. The van der Waals surface area contributed by atoms with Gasteiger partial charge in [0.15, 0.2) is 0 Å². The molecule has 0 atom stereocenters. The summed E-state index contributed by atoms with van der Waals surface area (Å²) >= 11 is 0. The van der Waals surface area contributed by atoms with Gasteiger partial charge in [-0.2, -0.15) is 26.3 Å². The number of carboxylic acids is 2. The fraction of sp³-hybridized carbons (Fsp3) is 0.619. The van der Waals surface area contributed by atoms with Gasteiger partial charge in [-0.1, -0.05) is 31.2 Å². The van der Waals surface area contributed by atoms with Crippen molar-refractivity contribution in [3.63, 3.8) is 0 Å². The van der Waals surface area contributed by atoms with E-state index in [2.05, 4.69) is 45.9 Å². The van der Waals surface area contributed by atoms with Gasteiger partial charge >= 0.3 is 24.3 Å². The molecular formula is C21H29F6N3O4. The zero-order valence-electron chi connectivity index (χ0n) is 18.7. The van der Waals surface area contributed by atoms with E-state index in [-0.39, 0.29) is 0 Å². The van der Waals surface area contributed by atoms with Gasteiger partial charge in [-0.3, -0.25) is 9.80 Å². The normalized spacial score (nSPS) is 17.5. The van der Waals surface area contributed by atoms with Crippen LogP contribution < -0.4 is 0 Å². The molecule has 0 saturated carbocycles. The number of rotatable bonds is 4. The van der Waals surface area contributed by atoms with Crippen LogP contribution in [0, 0.1) is 0 Å². The first-order valence-corrected chi connectivity index (χ1v) is 10.6. The summed E-state index contributed by atoms with van der Waals surface area (Å²) in [4.78, 5) is 25.6. The minimum atomic E-state index is -5.08. The standard InChI is InChI=1S/C17H27N3.2C2HF3O2/c1-2-18-9-11-19(12-10-18)13-14-20-8-7-16-5-3-4-6-17(16)15-20;2*3-2(4,5)1(6)7/h3-6H,2,7-15H2,1H3;2*(H,6,7). The number of likely N-dealkylation sites (N-methyl/N-ethyl adjacent to an activating group) is 1. The highest BCUT2D eigenvalue weighted by Crippen LogP contribution is 2.18. The highest BCUT2D eigenvalue weighted by Gasteiger charge is 2.38. The lowest BCUT2D eigenvalue weighted by Gasteiger charge is -2.36. The molecule has 0 amide bonds. The van der Waals surface area contributed by atoms with Crippen molar-refractivity contribution in [3.8, 4) is 0 Å². The van der Waals surface area contributed by atoms with Crippen molar-refractivity contribution in [1.82, 2.24) is 14.7 Å². The Morgan fingerprint density at radius 3 is 1.62 bits per heavy atom. The maximum Gasteiger partial charge on any atom is 0.490 e. The van der Waals surface area contributed by atoms with E-state index in [0.717, 1.165) is 6.54 Å². The van der Waals surface area contributed by atoms with Crippen LogP contribution in [0.5, 0.6) is 0 Å². The third kappa shape index (κ3) is 11.2. The van der Waals surface area contributed by atoms with Gasteiger partial charge in [0.05, 0.1) is 0 Å². The number of hydrogen-bond donors (Lipinski definition) is 2.